The predicted molar refractivity (Wildman–Crippen MR) is 75.0 cm³/mol. The maximum atomic E-state index is 13.8. The van der Waals surface area contributed by atoms with Gasteiger partial charge in [0.05, 0.1) is 12.2 Å². The second-order valence-corrected chi connectivity index (χ2v) is 5.36. The van der Waals surface area contributed by atoms with Gasteiger partial charge in [-0.2, -0.15) is 0 Å². The highest BCUT2D eigenvalue weighted by Crippen LogP contribution is 2.20. The van der Waals surface area contributed by atoms with E-state index in [1.165, 1.54) is 17.0 Å². The van der Waals surface area contributed by atoms with Crippen LogP contribution in [0.2, 0.25) is 0 Å². The maximum Gasteiger partial charge on any atom is 0.257 e. The summed E-state index contributed by atoms with van der Waals surface area (Å²) < 4.78 is 27.1. The summed E-state index contributed by atoms with van der Waals surface area (Å²) in [5, 5.41) is 9.17. The number of hydrogen-bond donors (Lipinski definition) is 1. The molecule has 1 amide bonds. The van der Waals surface area contributed by atoms with Gasteiger partial charge in [0.25, 0.3) is 5.91 Å². The number of carbonyl (C=O) groups excluding carboxylic acids is 1. The minimum atomic E-state index is -1.13. The Kier molecular flexibility index (Phi) is 5.25. The molecule has 2 rings (SSSR count). The third kappa shape index (κ3) is 3.57. The zero-order valence-electron chi connectivity index (χ0n) is 12.1. The number of nitrogens with zero attached hydrogens (tertiary/aromatic N) is 2. The minimum Gasteiger partial charge on any atom is -0.395 e. The Morgan fingerprint density at radius 2 is 2.05 bits per heavy atom. The number of hydrogen-bond acceptors (Lipinski definition) is 3. The molecule has 1 aromatic rings. The third-order valence-corrected chi connectivity index (χ3v) is 3.91. The summed E-state index contributed by atoms with van der Waals surface area (Å²) in [6.45, 7) is 1.61. The molecule has 21 heavy (non-hydrogen) atoms. The van der Waals surface area contributed by atoms with Gasteiger partial charge in [-0.15, -0.1) is 0 Å². The van der Waals surface area contributed by atoms with E-state index >= 15 is 0 Å². The summed E-state index contributed by atoms with van der Waals surface area (Å²) in [6, 6.07) is 3.53. The Labute approximate surface area is 123 Å². The summed E-state index contributed by atoms with van der Waals surface area (Å²) >= 11 is 0. The van der Waals surface area contributed by atoms with Crippen molar-refractivity contribution >= 4 is 5.91 Å². The first-order valence-corrected chi connectivity index (χ1v) is 7.09. The topological polar surface area (TPSA) is 43.8 Å². The Morgan fingerprint density at radius 3 is 2.67 bits per heavy atom. The highest BCUT2D eigenvalue weighted by Gasteiger charge is 2.29. The lowest BCUT2D eigenvalue weighted by Crippen LogP contribution is -2.47. The van der Waals surface area contributed by atoms with Gasteiger partial charge in [0.15, 0.2) is 11.6 Å². The SMILES string of the molecule is CN1CCC(N(CCO)C(=O)c2cccc(F)c2F)CC1. The zero-order valence-corrected chi connectivity index (χ0v) is 12.1. The molecule has 1 aromatic carbocycles. The Balaban J connectivity index is 2.21. The van der Waals surface area contributed by atoms with Crippen molar-refractivity contribution in [1.82, 2.24) is 9.80 Å². The normalized spacial score (nSPS) is 17.0. The number of benzene rings is 1. The van der Waals surface area contributed by atoms with Gasteiger partial charge in [-0.25, -0.2) is 8.78 Å². The van der Waals surface area contributed by atoms with Gasteiger partial charge in [-0.3, -0.25) is 4.79 Å². The number of halogens is 2. The van der Waals surface area contributed by atoms with Crippen molar-refractivity contribution in [2.75, 3.05) is 33.3 Å². The van der Waals surface area contributed by atoms with Crippen LogP contribution in [0.4, 0.5) is 8.78 Å². The molecule has 1 heterocycles. The Hall–Kier alpha value is -1.53. The fourth-order valence-electron chi connectivity index (χ4n) is 2.69. The molecule has 0 aromatic heterocycles. The van der Waals surface area contributed by atoms with Crippen LogP contribution in [0.1, 0.15) is 23.2 Å². The largest absolute Gasteiger partial charge is 0.395 e. The first-order valence-electron chi connectivity index (χ1n) is 7.09. The van der Waals surface area contributed by atoms with Crippen molar-refractivity contribution < 1.29 is 18.7 Å². The molecule has 6 heteroatoms. The van der Waals surface area contributed by atoms with Crippen LogP contribution in [0, 0.1) is 11.6 Å². The molecule has 0 bridgehead atoms. The lowest BCUT2D eigenvalue weighted by atomic mass is 10.0. The van der Waals surface area contributed by atoms with E-state index < -0.39 is 17.5 Å². The van der Waals surface area contributed by atoms with Crippen LogP contribution < -0.4 is 0 Å². The van der Waals surface area contributed by atoms with Crippen LogP contribution in [-0.4, -0.2) is 60.1 Å². The number of carbonyl (C=O) groups is 1. The molecule has 0 spiro atoms. The number of aliphatic hydroxyl groups is 1. The molecule has 1 aliphatic rings. The van der Waals surface area contributed by atoms with Crippen molar-refractivity contribution in [2.45, 2.75) is 18.9 Å². The lowest BCUT2D eigenvalue weighted by Gasteiger charge is -2.37. The quantitative estimate of drug-likeness (QED) is 0.916. The molecule has 4 nitrogen and oxygen atoms in total. The van der Waals surface area contributed by atoms with Crippen LogP contribution in [0.3, 0.4) is 0 Å². The van der Waals surface area contributed by atoms with Gasteiger partial charge in [0, 0.05) is 12.6 Å². The van der Waals surface area contributed by atoms with Gasteiger partial charge in [-0.05, 0) is 45.1 Å². The highest BCUT2D eigenvalue weighted by molar-refractivity contribution is 5.94. The number of rotatable bonds is 4. The Bertz CT molecular complexity index is 502. The molecule has 1 N–H and O–H groups in total. The monoisotopic (exact) mass is 298 g/mol. The van der Waals surface area contributed by atoms with Gasteiger partial charge in [0.2, 0.25) is 0 Å². The number of likely N-dealkylation sites (tertiary alicyclic amines) is 1. The van der Waals surface area contributed by atoms with Gasteiger partial charge in [-0.1, -0.05) is 6.07 Å². The molecule has 1 fully saturated rings. The van der Waals surface area contributed by atoms with E-state index in [1.807, 2.05) is 7.05 Å². The van der Waals surface area contributed by atoms with E-state index in [2.05, 4.69) is 4.90 Å². The first-order chi connectivity index (χ1) is 10.0. The Morgan fingerprint density at radius 1 is 1.38 bits per heavy atom. The molecule has 0 aliphatic carbocycles. The standard InChI is InChI=1S/C15H20F2N2O2/c1-18-7-5-11(6-8-18)19(9-10-20)15(21)12-3-2-4-13(16)14(12)17/h2-4,11,20H,5-10H2,1H3. The second kappa shape index (κ2) is 6.95. The van der Waals surface area contributed by atoms with Crippen molar-refractivity contribution in [2.24, 2.45) is 0 Å². The van der Waals surface area contributed by atoms with Crippen molar-refractivity contribution in [3.8, 4) is 0 Å². The summed E-state index contributed by atoms with van der Waals surface area (Å²) in [7, 11) is 2.00. The highest BCUT2D eigenvalue weighted by atomic mass is 19.2. The molecule has 0 unspecified atom stereocenters. The smallest absolute Gasteiger partial charge is 0.257 e. The number of aliphatic hydroxyl groups excluding tert-OH is 1. The second-order valence-electron chi connectivity index (χ2n) is 5.36. The third-order valence-electron chi connectivity index (χ3n) is 3.91. The van der Waals surface area contributed by atoms with E-state index in [0.717, 1.165) is 32.0 Å². The van der Waals surface area contributed by atoms with Gasteiger partial charge < -0.3 is 14.9 Å². The molecule has 1 saturated heterocycles. The van der Waals surface area contributed by atoms with Crippen LogP contribution >= 0.6 is 0 Å². The van der Waals surface area contributed by atoms with Gasteiger partial charge >= 0.3 is 0 Å². The molecule has 0 radical (unpaired) electrons. The fourth-order valence-corrected chi connectivity index (χ4v) is 2.69. The summed E-state index contributed by atoms with van der Waals surface area (Å²) in [6.07, 6.45) is 1.53. The lowest BCUT2D eigenvalue weighted by molar-refractivity contribution is 0.0534. The summed E-state index contributed by atoms with van der Waals surface area (Å²) in [5.41, 5.74) is -0.276. The molecular weight excluding hydrogens is 278 g/mol. The van der Waals surface area contributed by atoms with Crippen molar-refractivity contribution in [3.05, 3.63) is 35.4 Å². The van der Waals surface area contributed by atoms with Crippen molar-refractivity contribution in [1.29, 1.82) is 0 Å². The molecule has 0 saturated carbocycles. The summed E-state index contributed by atoms with van der Waals surface area (Å²) in [5.74, 6) is -2.72. The minimum absolute atomic E-state index is 0.0523. The maximum absolute atomic E-state index is 13.8. The average molecular weight is 298 g/mol. The van der Waals surface area contributed by atoms with E-state index in [4.69, 9.17) is 5.11 Å². The zero-order chi connectivity index (χ0) is 15.4. The predicted octanol–water partition coefficient (Wildman–Crippen LogP) is 1.49. The molecule has 0 atom stereocenters. The fraction of sp³-hybridized carbons (Fsp3) is 0.533. The van der Waals surface area contributed by atoms with Crippen LogP contribution in [0.15, 0.2) is 18.2 Å². The molecule has 116 valence electrons. The average Bonchev–Trinajstić information content (AvgIpc) is 2.48. The molecule has 1 aliphatic heterocycles. The van der Waals surface area contributed by atoms with Gasteiger partial charge in [0.1, 0.15) is 0 Å². The van der Waals surface area contributed by atoms with Crippen LogP contribution in [0.25, 0.3) is 0 Å². The first kappa shape index (κ1) is 15.9. The molecular formula is C15H20F2N2O2. The van der Waals surface area contributed by atoms with E-state index in [0.29, 0.717) is 0 Å². The van der Waals surface area contributed by atoms with Crippen LogP contribution in [-0.2, 0) is 0 Å². The van der Waals surface area contributed by atoms with Crippen LogP contribution in [0.5, 0.6) is 0 Å². The summed E-state index contributed by atoms with van der Waals surface area (Å²) in [4.78, 5) is 16.1. The van der Waals surface area contributed by atoms with E-state index in [9.17, 15) is 13.6 Å². The number of amides is 1. The van der Waals surface area contributed by atoms with Crippen molar-refractivity contribution in [3.63, 3.8) is 0 Å². The number of piperidine rings is 1. The van der Waals surface area contributed by atoms with E-state index in [1.54, 1.807) is 0 Å². The van der Waals surface area contributed by atoms with E-state index in [-0.39, 0.29) is 24.8 Å².